The van der Waals surface area contributed by atoms with E-state index in [-0.39, 0.29) is 29.1 Å². The lowest BCUT2D eigenvalue weighted by Gasteiger charge is -2.35. The molecule has 10 rings (SSSR count). The summed E-state index contributed by atoms with van der Waals surface area (Å²) >= 11 is 2.69. The van der Waals surface area contributed by atoms with Crippen LogP contribution in [0.5, 0.6) is 5.75 Å². The molecule has 9 heteroatoms. The number of fused-ring (bicyclic) bond motifs is 3. The molecule has 0 saturated heterocycles. The molecule has 0 bridgehead atoms. The second-order valence-electron chi connectivity index (χ2n) is 14.3. The van der Waals surface area contributed by atoms with Gasteiger partial charge in [-0.15, -0.1) is 22.7 Å². The summed E-state index contributed by atoms with van der Waals surface area (Å²) in [5, 5.41) is 23.4. The van der Waals surface area contributed by atoms with Gasteiger partial charge in [-0.1, -0.05) is 152 Å². The van der Waals surface area contributed by atoms with E-state index in [1.807, 2.05) is 156 Å². The molecular weight excluding hydrogens is 761 g/mol. The van der Waals surface area contributed by atoms with Crippen molar-refractivity contribution in [2.24, 2.45) is 0 Å². The number of phenols is 1. The van der Waals surface area contributed by atoms with Gasteiger partial charge in [0.25, 0.3) is 0 Å². The van der Waals surface area contributed by atoms with Gasteiger partial charge in [-0.05, 0) is 40.6 Å². The minimum atomic E-state index is -1.42. The molecule has 0 saturated carbocycles. The molecule has 0 radical (unpaired) electrons. The summed E-state index contributed by atoms with van der Waals surface area (Å²) in [7, 11) is 0. The van der Waals surface area contributed by atoms with Crippen LogP contribution >= 0.6 is 22.7 Å². The normalized spacial score (nSPS) is 16.7. The number of rotatable bonds is 5. The van der Waals surface area contributed by atoms with Gasteiger partial charge in [-0.3, -0.25) is 19.2 Å². The Morgan fingerprint density at radius 3 is 1.57 bits per heavy atom. The molecule has 4 heterocycles. The van der Waals surface area contributed by atoms with Gasteiger partial charge in [0.05, 0.1) is 11.1 Å². The Kier molecular flexibility index (Phi) is 9.19. The molecule has 58 heavy (non-hydrogen) atoms. The number of nitrogens with one attached hydrogen (secondary N) is 2. The van der Waals surface area contributed by atoms with Crippen molar-refractivity contribution in [1.82, 2.24) is 0 Å². The summed E-state index contributed by atoms with van der Waals surface area (Å²) in [6.45, 7) is 1.66. The van der Waals surface area contributed by atoms with Crippen LogP contribution in [0.4, 0.5) is 10.0 Å². The van der Waals surface area contributed by atoms with Crippen molar-refractivity contribution in [1.29, 1.82) is 0 Å². The molecule has 0 fully saturated rings. The highest BCUT2D eigenvalue weighted by Gasteiger charge is 2.54. The molecule has 2 amide bonds. The van der Waals surface area contributed by atoms with Gasteiger partial charge in [-0.2, -0.15) is 0 Å². The summed E-state index contributed by atoms with van der Waals surface area (Å²) < 4.78 is 0. The van der Waals surface area contributed by atoms with Crippen molar-refractivity contribution in [2.75, 3.05) is 10.6 Å². The molecule has 2 aliphatic rings. The van der Waals surface area contributed by atoms with Crippen molar-refractivity contribution in [3.63, 3.8) is 0 Å². The molecule has 1 unspecified atom stereocenters. The Morgan fingerprint density at radius 1 is 0.483 bits per heavy atom. The minimum Gasteiger partial charge on any atom is -0.507 e. The molecule has 2 aliphatic heterocycles. The predicted molar refractivity (Wildman–Crippen MR) is 232 cm³/mol. The second-order valence-corrected chi connectivity index (χ2v) is 16.1. The number of thiophene rings is 2. The molecule has 3 N–H and O–H groups in total. The highest BCUT2D eigenvalue weighted by molar-refractivity contribution is 7.16. The summed E-state index contributed by atoms with van der Waals surface area (Å²) in [5.41, 5.74) is 3.32. The number of hydrogen-bond acceptors (Lipinski definition) is 7. The first-order chi connectivity index (χ1) is 28.2. The van der Waals surface area contributed by atoms with Crippen LogP contribution in [0.25, 0.3) is 33.0 Å². The lowest BCUT2D eigenvalue weighted by atomic mass is 9.67. The standard InChI is InChI=1S/C25H17NO2S.C24H17NO3S/c27-22-21-20(17-10-4-1-5-11-17)16-29-23(21)26-24(28)25(22,18-12-6-2-7-13-18)19-14-8-3-9-15-19;1-24(15-8-3-2-4-9-15)21(27)19-18(13-29-22(19)25-23(24)28)17-12-11-14-7-5-6-10-16(14)20(17)26/h1-16H,(H,26,28);2-13,26H,1H3,(H,25,28). The molecule has 282 valence electrons. The van der Waals surface area contributed by atoms with E-state index in [9.17, 15) is 24.3 Å². The number of amides is 2. The number of benzene rings is 6. The van der Waals surface area contributed by atoms with E-state index >= 15 is 0 Å². The predicted octanol–water partition coefficient (Wildman–Crippen LogP) is 10.9. The van der Waals surface area contributed by atoms with Crippen molar-refractivity contribution in [3.8, 4) is 28.0 Å². The zero-order chi connectivity index (χ0) is 40.0. The zero-order valence-electron chi connectivity index (χ0n) is 31.1. The number of carbonyl (C=O) groups excluding carboxylic acids is 4. The third-order valence-corrected chi connectivity index (χ3v) is 12.9. The Bertz CT molecular complexity index is 2850. The highest BCUT2D eigenvalue weighted by Crippen LogP contribution is 2.49. The lowest BCUT2D eigenvalue weighted by molar-refractivity contribution is -0.120. The van der Waals surface area contributed by atoms with Crippen LogP contribution in [0.3, 0.4) is 0 Å². The number of hydrogen-bond donors (Lipinski definition) is 3. The molecule has 8 aromatic rings. The van der Waals surface area contributed by atoms with E-state index < -0.39 is 10.8 Å². The number of carbonyl (C=O) groups is 4. The van der Waals surface area contributed by atoms with E-state index in [2.05, 4.69) is 10.6 Å². The van der Waals surface area contributed by atoms with Crippen LogP contribution in [0.2, 0.25) is 0 Å². The van der Waals surface area contributed by atoms with Crippen LogP contribution in [0.15, 0.2) is 168 Å². The van der Waals surface area contributed by atoms with Crippen LogP contribution in [-0.4, -0.2) is 28.5 Å². The third kappa shape index (κ3) is 5.69. The van der Waals surface area contributed by atoms with Crippen molar-refractivity contribution in [2.45, 2.75) is 17.8 Å². The Labute approximate surface area is 342 Å². The van der Waals surface area contributed by atoms with Gasteiger partial charge in [0, 0.05) is 32.8 Å². The van der Waals surface area contributed by atoms with Gasteiger partial charge in [0.2, 0.25) is 11.8 Å². The number of Topliss-reactive ketones (excluding diaryl/α,β-unsaturated/α-hetero) is 2. The second kappa shape index (κ2) is 14.5. The van der Waals surface area contributed by atoms with Crippen LogP contribution in [0, 0.1) is 0 Å². The number of anilines is 2. The van der Waals surface area contributed by atoms with Gasteiger partial charge in [-0.25, -0.2) is 0 Å². The molecule has 1 atom stereocenters. The summed E-state index contributed by atoms with van der Waals surface area (Å²) in [6.07, 6.45) is 0. The fourth-order valence-corrected chi connectivity index (χ4v) is 9.94. The maximum atomic E-state index is 14.2. The first-order valence-corrected chi connectivity index (χ1v) is 20.4. The summed E-state index contributed by atoms with van der Waals surface area (Å²) in [4.78, 5) is 54.2. The van der Waals surface area contributed by atoms with Crippen molar-refractivity contribution >= 4 is 66.8 Å². The number of phenolic OH excluding ortho intramolecular Hbond substituents is 1. The molecule has 0 spiro atoms. The largest absolute Gasteiger partial charge is 0.507 e. The zero-order valence-corrected chi connectivity index (χ0v) is 32.7. The van der Waals surface area contributed by atoms with E-state index in [4.69, 9.17) is 0 Å². The van der Waals surface area contributed by atoms with Crippen molar-refractivity contribution in [3.05, 3.63) is 196 Å². The first kappa shape index (κ1) is 36.7. The Balaban J connectivity index is 0.000000150. The van der Waals surface area contributed by atoms with E-state index in [1.54, 1.807) is 19.1 Å². The van der Waals surface area contributed by atoms with Crippen molar-refractivity contribution < 1.29 is 24.3 Å². The molecule has 0 aliphatic carbocycles. The molecule has 7 nitrogen and oxygen atoms in total. The van der Waals surface area contributed by atoms with Gasteiger partial charge >= 0.3 is 0 Å². The Morgan fingerprint density at radius 2 is 0.966 bits per heavy atom. The SMILES string of the molecule is CC1(c2ccccc2)C(=O)Nc2scc(-c3ccc4ccccc4c3O)c2C1=O.O=C1Nc2scc(-c3ccccc3)c2C(=O)C1(c1ccccc1)c1ccccc1. The topological polar surface area (TPSA) is 113 Å². The molecule has 6 aromatic carbocycles. The fraction of sp³-hybridized carbons (Fsp3) is 0.0612. The maximum absolute atomic E-state index is 14.2. The Hall–Kier alpha value is -6.94. The summed E-state index contributed by atoms with van der Waals surface area (Å²) in [5.74, 6) is -0.957. The van der Waals surface area contributed by atoms with Crippen LogP contribution < -0.4 is 10.6 Å². The molecule has 2 aromatic heterocycles. The van der Waals surface area contributed by atoms with Gasteiger partial charge in [0.15, 0.2) is 17.0 Å². The maximum Gasteiger partial charge on any atom is 0.248 e. The average Bonchev–Trinajstić information content (AvgIpc) is 3.89. The minimum absolute atomic E-state index is 0.134. The number of aromatic hydroxyl groups is 1. The molecular formula is C49H34N2O5S2. The lowest BCUT2D eigenvalue weighted by Crippen LogP contribution is -2.51. The summed E-state index contributed by atoms with van der Waals surface area (Å²) in [6, 6.07) is 48.8. The fourth-order valence-electron chi connectivity index (χ4n) is 8.02. The number of ketones is 2. The monoisotopic (exact) mass is 794 g/mol. The van der Waals surface area contributed by atoms with Crippen LogP contribution in [0.1, 0.15) is 44.3 Å². The average molecular weight is 795 g/mol. The van der Waals surface area contributed by atoms with E-state index in [0.717, 1.165) is 21.9 Å². The van der Waals surface area contributed by atoms with E-state index in [1.165, 1.54) is 22.7 Å². The quantitative estimate of drug-likeness (QED) is 0.150. The first-order valence-electron chi connectivity index (χ1n) is 18.6. The third-order valence-electron chi connectivity index (χ3n) is 11.1. The van der Waals surface area contributed by atoms with Crippen LogP contribution in [-0.2, 0) is 20.4 Å². The highest BCUT2D eigenvalue weighted by atomic mass is 32.1. The smallest absolute Gasteiger partial charge is 0.248 e. The van der Waals surface area contributed by atoms with Gasteiger partial charge < -0.3 is 15.7 Å². The van der Waals surface area contributed by atoms with E-state index in [0.29, 0.717) is 48.9 Å². The van der Waals surface area contributed by atoms with Gasteiger partial charge in [0.1, 0.15) is 21.2 Å².